The van der Waals surface area contributed by atoms with Gasteiger partial charge < -0.3 is 40.5 Å². The molecule has 1 fully saturated rings. The van der Waals surface area contributed by atoms with Crippen molar-refractivity contribution in [2.45, 2.75) is 134 Å². The van der Waals surface area contributed by atoms with Gasteiger partial charge in [-0.15, -0.1) is 0 Å². The second-order valence-electron chi connectivity index (χ2n) is 10.1. The van der Waals surface area contributed by atoms with Crippen LogP contribution in [0.3, 0.4) is 0 Å². The maximum atomic E-state index is 12.8. The van der Waals surface area contributed by atoms with Gasteiger partial charge in [0.1, 0.15) is 36.2 Å². The lowest BCUT2D eigenvalue weighted by molar-refractivity contribution is -0.227. The number of carbonyl (C=O) groups excluding carboxylic acids is 2. The number of aliphatic hydroxyl groups is 4. The van der Waals surface area contributed by atoms with Gasteiger partial charge in [0.05, 0.1) is 6.61 Å². The fourth-order valence-electron chi connectivity index (χ4n) is 3.86. The summed E-state index contributed by atoms with van der Waals surface area (Å²) >= 11 is 0. The minimum atomic E-state index is -1.69. The molecule has 0 aromatic carbocycles. The van der Waals surface area contributed by atoms with Gasteiger partial charge in [-0.25, -0.2) is 4.79 Å². The van der Waals surface area contributed by atoms with Gasteiger partial charge in [0.2, 0.25) is 0 Å². The average molecular weight is 491 g/mol. The highest BCUT2D eigenvalue weighted by Gasteiger charge is 2.46. The summed E-state index contributed by atoms with van der Waals surface area (Å²) in [7, 11) is 0. The molecule has 0 radical (unpaired) electrons. The zero-order chi connectivity index (χ0) is 25.7. The Hall–Kier alpha value is -1.46. The highest BCUT2D eigenvalue weighted by molar-refractivity contribution is 5.82. The molecule has 1 heterocycles. The number of amides is 2. The summed E-state index contributed by atoms with van der Waals surface area (Å²) in [6.45, 7) is 6.75. The van der Waals surface area contributed by atoms with Crippen molar-refractivity contribution in [2.24, 2.45) is 0 Å². The normalized spacial score (nSPS) is 26.1. The molecule has 1 rings (SSSR count). The minimum Gasteiger partial charge on any atom is -0.444 e. The molecule has 6 atom stereocenters. The first kappa shape index (κ1) is 30.6. The van der Waals surface area contributed by atoms with Crippen LogP contribution in [0.25, 0.3) is 0 Å². The predicted molar refractivity (Wildman–Crippen MR) is 127 cm³/mol. The SMILES string of the molecule is CCCCCCCCCCC[C@@H](NC(=O)OC(C)(C)C)NC(=O)[C@H]1O[C@H](CO)[C@@H](O)[C@H](O)[C@H]1O. The Morgan fingerprint density at radius 1 is 0.882 bits per heavy atom. The summed E-state index contributed by atoms with van der Waals surface area (Å²) in [6, 6.07) is 0. The Morgan fingerprint density at radius 3 is 1.97 bits per heavy atom. The number of unbranched alkanes of at least 4 members (excludes halogenated alkanes) is 8. The van der Waals surface area contributed by atoms with Crippen molar-refractivity contribution in [3.8, 4) is 0 Å². The van der Waals surface area contributed by atoms with E-state index in [-0.39, 0.29) is 0 Å². The van der Waals surface area contributed by atoms with Crippen LogP contribution in [0.4, 0.5) is 4.79 Å². The van der Waals surface area contributed by atoms with E-state index in [0.717, 1.165) is 25.7 Å². The van der Waals surface area contributed by atoms with Crippen molar-refractivity contribution in [1.29, 1.82) is 0 Å². The number of nitrogens with one attached hydrogen (secondary N) is 2. The van der Waals surface area contributed by atoms with Crippen molar-refractivity contribution in [1.82, 2.24) is 10.6 Å². The molecular weight excluding hydrogens is 444 g/mol. The molecule has 6 N–H and O–H groups in total. The lowest BCUT2D eigenvalue weighted by Crippen LogP contribution is -2.63. The van der Waals surface area contributed by atoms with Crippen molar-refractivity contribution in [3.05, 3.63) is 0 Å². The summed E-state index contributed by atoms with van der Waals surface area (Å²) in [5.41, 5.74) is -0.715. The second-order valence-corrected chi connectivity index (χ2v) is 10.1. The third kappa shape index (κ3) is 11.3. The molecule has 0 bridgehead atoms. The Morgan fingerprint density at radius 2 is 1.44 bits per heavy atom. The average Bonchev–Trinajstić information content (AvgIpc) is 2.75. The quantitative estimate of drug-likeness (QED) is 0.159. The van der Waals surface area contributed by atoms with E-state index in [2.05, 4.69) is 17.6 Å². The third-order valence-electron chi connectivity index (χ3n) is 5.75. The molecule has 0 saturated carbocycles. The molecule has 1 aliphatic heterocycles. The van der Waals surface area contributed by atoms with E-state index < -0.39 is 60.9 Å². The zero-order valence-corrected chi connectivity index (χ0v) is 21.2. The first-order chi connectivity index (χ1) is 16.0. The first-order valence-corrected chi connectivity index (χ1v) is 12.6. The van der Waals surface area contributed by atoms with Crippen LogP contribution < -0.4 is 10.6 Å². The van der Waals surface area contributed by atoms with Crippen molar-refractivity contribution in [2.75, 3.05) is 6.61 Å². The number of ether oxygens (including phenoxy) is 2. The van der Waals surface area contributed by atoms with Crippen LogP contribution in [0, 0.1) is 0 Å². The van der Waals surface area contributed by atoms with E-state index in [0.29, 0.717) is 6.42 Å². The van der Waals surface area contributed by atoms with Crippen LogP contribution in [0.5, 0.6) is 0 Å². The molecule has 1 aliphatic rings. The van der Waals surface area contributed by atoms with E-state index in [4.69, 9.17) is 9.47 Å². The number of hydrogen-bond acceptors (Lipinski definition) is 8. The fourth-order valence-corrected chi connectivity index (χ4v) is 3.86. The summed E-state index contributed by atoms with van der Waals surface area (Å²) in [5.74, 6) is -0.770. The summed E-state index contributed by atoms with van der Waals surface area (Å²) < 4.78 is 10.6. The van der Waals surface area contributed by atoms with Crippen LogP contribution >= 0.6 is 0 Å². The van der Waals surface area contributed by atoms with Gasteiger partial charge >= 0.3 is 6.09 Å². The maximum absolute atomic E-state index is 12.8. The van der Waals surface area contributed by atoms with Crippen molar-refractivity contribution in [3.63, 3.8) is 0 Å². The monoisotopic (exact) mass is 490 g/mol. The van der Waals surface area contributed by atoms with Gasteiger partial charge in [0.25, 0.3) is 5.91 Å². The molecule has 0 aromatic heterocycles. The largest absolute Gasteiger partial charge is 0.444 e. The number of aliphatic hydroxyl groups excluding tert-OH is 4. The van der Waals surface area contributed by atoms with Crippen molar-refractivity contribution < 1.29 is 39.5 Å². The summed E-state index contributed by atoms with van der Waals surface area (Å²) in [4.78, 5) is 25.1. The standard InChI is InChI=1S/C24H46N2O8/c1-5-6-7-8-9-10-11-12-13-14-17(26-23(32)34-24(2,3)4)25-22(31)21-20(30)19(29)18(28)16(15-27)33-21/h16-21,27-30H,5-15H2,1-4H3,(H,25,31)(H,26,32)/t16-,17-,18-,19+,20-,21+/m1/s1. The predicted octanol–water partition coefficient (Wildman–Crippen LogP) is 1.72. The highest BCUT2D eigenvalue weighted by Crippen LogP contribution is 2.21. The molecule has 2 amide bonds. The fraction of sp³-hybridized carbons (Fsp3) is 0.917. The molecule has 10 nitrogen and oxygen atoms in total. The summed E-state index contributed by atoms with van der Waals surface area (Å²) in [6.07, 6.45) is 1.47. The van der Waals surface area contributed by atoms with E-state index in [1.807, 2.05) is 0 Å². The van der Waals surface area contributed by atoms with Crippen LogP contribution in [-0.4, -0.2) is 81.3 Å². The molecular formula is C24H46N2O8. The van der Waals surface area contributed by atoms with Gasteiger partial charge in [-0.05, 0) is 33.6 Å². The van der Waals surface area contributed by atoms with Gasteiger partial charge in [0, 0.05) is 0 Å². The molecule has 0 aromatic rings. The lowest BCUT2D eigenvalue weighted by atomic mass is 9.94. The van der Waals surface area contributed by atoms with Gasteiger partial charge in [-0.3, -0.25) is 4.79 Å². The smallest absolute Gasteiger partial charge is 0.409 e. The number of carbonyl (C=O) groups is 2. The summed E-state index contributed by atoms with van der Waals surface area (Å²) in [5, 5.41) is 44.7. The topological polar surface area (TPSA) is 158 Å². The number of rotatable bonds is 14. The molecule has 0 unspecified atom stereocenters. The molecule has 1 saturated heterocycles. The van der Waals surface area contributed by atoms with Crippen molar-refractivity contribution >= 4 is 12.0 Å². The van der Waals surface area contributed by atoms with Crippen LogP contribution in [0.15, 0.2) is 0 Å². The van der Waals surface area contributed by atoms with Gasteiger partial charge in [-0.2, -0.15) is 0 Å². The Balaban J connectivity index is 2.63. The minimum absolute atomic E-state index is 0.443. The van der Waals surface area contributed by atoms with Crippen LogP contribution in [0.1, 0.15) is 91.9 Å². The molecule has 34 heavy (non-hydrogen) atoms. The number of alkyl carbamates (subject to hydrolysis) is 1. The van der Waals surface area contributed by atoms with Gasteiger partial charge in [-0.1, -0.05) is 58.3 Å². The molecule has 200 valence electrons. The molecule has 0 spiro atoms. The zero-order valence-electron chi connectivity index (χ0n) is 21.2. The second kappa shape index (κ2) is 15.5. The number of hydrogen-bond donors (Lipinski definition) is 6. The van der Waals surface area contributed by atoms with Gasteiger partial charge in [0.15, 0.2) is 6.10 Å². The van der Waals surface area contributed by atoms with E-state index in [9.17, 15) is 30.0 Å². The molecule has 10 heteroatoms. The maximum Gasteiger partial charge on any atom is 0.409 e. The first-order valence-electron chi connectivity index (χ1n) is 12.6. The Bertz CT molecular complexity index is 596. The lowest BCUT2D eigenvalue weighted by Gasteiger charge is -2.39. The van der Waals surface area contributed by atoms with Crippen LogP contribution in [-0.2, 0) is 14.3 Å². The molecule has 0 aliphatic carbocycles. The third-order valence-corrected chi connectivity index (χ3v) is 5.75. The Kier molecular flexibility index (Phi) is 14.0. The van der Waals surface area contributed by atoms with E-state index in [1.165, 1.54) is 32.1 Å². The van der Waals surface area contributed by atoms with E-state index in [1.54, 1.807) is 20.8 Å². The highest BCUT2D eigenvalue weighted by atomic mass is 16.6. The Labute approximate surface area is 203 Å². The van der Waals surface area contributed by atoms with E-state index >= 15 is 0 Å². The van der Waals surface area contributed by atoms with Crippen LogP contribution in [0.2, 0.25) is 0 Å².